The van der Waals surface area contributed by atoms with Crippen molar-refractivity contribution >= 4 is 29.0 Å². The Morgan fingerprint density at radius 3 is 2.33 bits per heavy atom. The Balaban J connectivity index is 1.23. The molecule has 49 heavy (non-hydrogen) atoms. The van der Waals surface area contributed by atoms with E-state index in [2.05, 4.69) is 31.3 Å². The van der Waals surface area contributed by atoms with Gasteiger partial charge in [0.2, 0.25) is 0 Å². The lowest BCUT2D eigenvalue weighted by Crippen LogP contribution is -2.40. The van der Waals surface area contributed by atoms with Gasteiger partial charge in [-0.25, -0.2) is 4.99 Å². The summed E-state index contributed by atoms with van der Waals surface area (Å²) in [5.74, 6) is 2.12. The van der Waals surface area contributed by atoms with Crippen LogP contribution in [-0.2, 0) is 4.79 Å². The number of hydrogen-bond acceptors (Lipinski definition) is 7. The van der Waals surface area contributed by atoms with Crippen LogP contribution in [0.3, 0.4) is 0 Å². The van der Waals surface area contributed by atoms with E-state index in [9.17, 15) is 9.59 Å². The van der Waals surface area contributed by atoms with Gasteiger partial charge in [-0.1, -0.05) is 91.9 Å². The zero-order valence-corrected chi connectivity index (χ0v) is 28.8. The van der Waals surface area contributed by atoms with Gasteiger partial charge in [-0.15, -0.1) is 0 Å². The Bertz CT molecular complexity index is 2140. The largest absolute Gasteiger partial charge is 0.493 e. The van der Waals surface area contributed by atoms with Gasteiger partial charge in [0, 0.05) is 5.69 Å². The molecule has 2 atom stereocenters. The quantitative estimate of drug-likeness (QED) is 0.146. The van der Waals surface area contributed by atoms with Crippen LogP contribution in [0.5, 0.6) is 17.2 Å². The number of aromatic nitrogens is 1. The lowest BCUT2D eigenvalue weighted by atomic mass is 9.95. The van der Waals surface area contributed by atoms with Gasteiger partial charge in [-0.3, -0.25) is 14.2 Å². The first-order valence-electron chi connectivity index (χ1n) is 16.3. The molecule has 1 aromatic heterocycles. The number of fused-ring (bicyclic) bond motifs is 1. The van der Waals surface area contributed by atoms with E-state index in [1.165, 1.54) is 16.9 Å². The van der Waals surface area contributed by atoms with Gasteiger partial charge >= 0.3 is 0 Å². The average molecular weight is 674 g/mol. The van der Waals surface area contributed by atoms with E-state index in [0.29, 0.717) is 56.9 Å². The number of benzene rings is 4. The minimum atomic E-state index is -0.645. The third-order valence-electron chi connectivity index (χ3n) is 8.57. The first kappa shape index (κ1) is 33.5. The van der Waals surface area contributed by atoms with Gasteiger partial charge < -0.3 is 19.5 Å². The number of hydrogen-bond donors (Lipinski definition) is 1. The number of carbonyl (C=O) groups is 1. The van der Waals surface area contributed by atoms with Crippen molar-refractivity contribution in [1.29, 1.82) is 0 Å². The van der Waals surface area contributed by atoms with E-state index in [1.807, 2.05) is 104 Å². The molecule has 0 radical (unpaired) electrons. The molecule has 250 valence electrons. The van der Waals surface area contributed by atoms with Crippen molar-refractivity contribution in [3.05, 3.63) is 151 Å². The number of carbonyl (C=O) groups excluding carboxylic acids is 1. The number of amides is 1. The van der Waals surface area contributed by atoms with Gasteiger partial charge in [-0.05, 0) is 78.4 Å². The Labute approximate surface area is 289 Å². The summed E-state index contributed by atoms with van der Waals surface area (Å²) in [7, 11) is 1.58. The van der Waals surface area contributed by atoms with Crippen molar-refractivity contribution in [2.45, 2.75) is 39.2 Å². The molecule has 0 bridgehead atoms. The molecule has 6 rings (SSSR count). The molecular weight excluding hydrogens is 635 g/mol. The summed E-state index contributed by atoms with van der Waals surface area (Å²) >= 11 is 1.29. The molecule has 8 nitrogen and oxygen atoms in total. The van der Waals surface area contributed by atoms with Crippen LogP contribution >= 0.6 is 11.3 Å². The Morgan fingerprint density at radius 2 is 1.63 bits per heavy atom. The van der Waals surface area contributed by atoms with Crippen molar-refractivity contribution in [2.75, 3.05) is 25.6 Å². The smallest absolute Gasteiger partial charge is 0.271 e. The molecule has 0 saturated heterocycles. The van der Waals surface area contributed by atoms with Crippen LogP contribution in [0.2, 0.25) is 0 Å². The predicted octanol–water partition coefficient (Wildman–Crippen LogP) is 6.85. The molecule has 0 spiro atoms. The predicted molar refractivity (Wildman–Crippen MR) is 194 cm³/mol. The van der Waals surface area contributed by atoms with Crippen molar-refractivity contribution in [3.63, 3.8) is 0 Å². The highest BCUT2D eigenvalue weighted by molar-refractivity contribution is 7.07. The van der Waals surface area contributed by atoms with Crippen LogP contribution in [0.1, 0.15) is 55.8 Å². The summed E-state index contributed by atoms with van der Waals surface area (Å²) in [4.78, 5) is 33.1. The number of anilines is 1. The second-order valence-corrected chi connectivity index (χ2v) is 12.8. The average Bonchev–Trinajstić information content (AvgIpc) is 3.43. The van der Waals surface area contributed by atoms with Crippen LogP contribution < -0.4 is 34.4 Å². The molecule has 0 saturated carbocycles. The van der Waals surface area contributed by atoms with E-state index in [4.69, 9.17) is 19.2 Å². The fourth-order valence-electron chi connectivity index (χ4n) is 5.77. The SMILES string of the molecule is CCC(C)c1ccc(OCCOc2ccc(/C=c3\sc4n(c3=O)C(c3ccccc3)C(C(=O)Nc3ccccc3)=C(C)N=4)cc2OC)cc1. The van der Waals surface area contributed by atoms with Crippen molar-refractivity contribution < 1.29 is 19.0 Å². The summed E-state index contributed by atoms with van der Waals surface area (Å²) in [6.07, 6.45) is 2.91. The molecule has 0 fully saturated rings. The van der Waals surface area contributed by atoms with Crippen molar-refractivity contribution in [3.8, 4) is 17.2 Å². The zero-order valence-electron chi connectivity index (χ0n) is 28.0. The third kappa shape index (κ3) is 7.52. The van der Waals surface area contributed by atoms with Crippen molar-refractivity contribution in [2.24, 2.45) is 4.99 Å². The van der Waals surface area contributed by atoms with Crippen LogP contribution in [0.4, 0.5) is 5.69 Å². The van der Waals surface area contributed by atoms with E-state index < -0.39 is 6.04 Å². The van der Waals surface area contributed by atoms with E-state index in [-0.39, 0.29) is 11.5 Å². The maximum Gasteiger partial charge on any atom is 0.271 e. The van der Waals surface area contributed by atoms with Crippen molar-refractivity contribution in [1.82, 2.24) is 4.57 Å². The monoisotopic (exact) mass is 673 g/mol. The fourth-order valence-corrected chi connectivity index (χ4v) is 6.81. The third-order valence-corrected chi connectivity index (χ3v) is 9.55. The molecule has 1 N–H and O–H groups in total. The van der Waals surface area contributed by atoms with Crippen LogP contribution in [0, 0.1) is 0 Å². The molecule has 2 heterocycles. The van der Waals surface area contributed by atoms with Gasteiger partial charge in [-0.2, -0.15) is 0 Å². The maximum absolute atomic E-state index is 14.1. The molecule has 1 amide bonds. The molecular formula is C40H39N3O5S. The van der Waals surface area contributed by atoms with Crippen LogP contribution in [0.25, 0.3) is 6.08 Å². The number of nitrogens with zero attached hydrogens (tertiary/aromatic N) is 2. The molecule has 5 aromatic rings. The molecule has 9 heteroatoms. The summed E-state index contributed by atoms with van der Waals surface area (Å²) in [6.45, 7) is 6.92. The fraction of sp³-hybridized carbons (Fsp3) is 0.225. The van der Waals surface area contributed by atoms with Gasteiger partial charge in [0.05, 0.1) is 29.0 Å². The number of thiazole rings is 1. The summed E-state index contributed by atoms with van der Waals surface area (Å²) < 4.78 is 19.6. The van der Waals surface area contributed by atoms with Gasteiger partial charge in [0.1, 0.15) is 19.0 Å². The minimum absolute atomic E-state index is 0.233. The van der Waals surface area contributed by atoms with E-state index in [0.717, 1.165) is 23.3 Å². The number of rotatable bonds is 12. The van der Waals surface area contributed by atoms with Crippen LogP contribution in [-0.4, -0.2) is 30.8 Å². The summed E-state index contributed by atoms with van der Waals surface area (Å²) in [5, 5.41) is 2.98. The zero-order chi connectivity index (χ0) is 34.3. The second-order valence-electron chi connectivity index (χ2n) is 11.8. The molecule has 0 aliphatic carbocycles. The highest BCUT2D eigenvalue weighted by Gasteiger charge is 2.32. The van der Waals surface area contributed by atoms with E-state index >= 15 is 0 Å². The Kier molecular flexibility index (Phi) is 10.4. The van der Waals surface area contributed by atoms with E-state index in [1.54, 1.807) is 11.7 Å². The molecule has 2 unspecified atom stereocenters. The first-order valence-corrected chi connectivity index (χ1v) is 17.2. The standard InChI is InChI=1S/C40H39N3O5S/c1-5-26(2)29-17-19-32(20-18-29)47-22-23-48-33-21-16-28(24-34(33)46-4)25-35-39(45)43-37(30-12-8-6-9-13-30)36(27(3)41-40(43)49-35)38(44)42-31-14-10-7-11-15-31/h6-21,24-26,37H,5,22-23H2,1-4H3,(H,42,44)/b35-25-. The maximum atomic E-state index is 14.1. The lowest BCUT2D eigenvalue weighted by Gasteiger charge is -2.25. The summed E-state index contributed by atoms with van der Waals surface area (Å²) in [6, 6.07) is 31.9. The highest BCUT2D eigenvalue weighted by atomic mass is 32.1. The molecule has 1 aliphatic heterocycles. The summed E-state index contributed by atoms with van der Waals surface area (Å²) in [5.41, 5.74) is 4.29. The molecule has 1 aliphatic rings. The molecule has 4 aromatic carbocycles. The topological polar surface area (TPSA) is 91.2 Å². The number of ether oxygens (including phenoxy) is 3. The lowest BCUT2D eigenvalue weighted by molar-refractivity contribution is -0.113. The number of methoxy groups -OCH3 is 1. The Hall–Kier alpha value is -5.41. The normalized spacial score (nSPS) is 14.9. The van der Waals surface area contributed by atoms with Crippen LogP contribution in [0.15, 0.2) is 124 Å². The Morgan fingerprint density at radius 1 is 0.939 bits per heavy atom. The van der Waals surface area contributed by atoms with Gasteiger partial charge in [0.15, 0.2) is 16.3 Å². The minimum Gasteiger partial charge on any atom is -0.493 e. The highest BCUT2D eigenvalue weighted by Crippen LogP contribution is 2.31. The second kappa shape index (κ2) is 15.2. The first-order chi connectivity index (χ1) is 23.9. The van der Waals surface area contributed by atoms with Gasteiger partial charge in [0.25, 0.3) is 11.5 Å². The number of nitrogens with one attached hydrogen (secondary N) is 1. The number of allylic oxidation sites excluding steroid dienone is 1. The number of para-hydroxylation sites is 1.